The van der Waals surface area contributed by atoms with Crippen LogP contribution in [0.1, 0.15) is 62.9 Å². The molecule has 150 valence electrons. The molecule has 0 saturated heterocycles. The third kappa shape index (κ3) is 3.66. The van der Waals surface area contributed by atoms with Crippen LogP contribution in [0.25, 0.3) is 33.3 Å². The predicted molar refractivity (Wildman–Crippen MR) is 121 cm³/mol. The van der Waals surface area contributed by atoms with Crippen molar-refractivity contribution in [3.8, 4) is 11.3 Å². The molecule has 1 aromatic carbocycles. The first-order valence-electron chi connectivity index (χ1n) is 10.4. The van der Waals surface area contributed by atoms with Crippen molar-refractivity contribution in [3.05, 3.63) is 58.9 Å². The van der Waals surface area contributed by atoms with Crippen molar-refractivity contribution in [1.29, 1.82) is 0 Å². The van der Waals surface area contributed by atoms with Gasteiger partial charge in [0.2, 0.25) is 5.71 Å². The summed E-state index contributed by atoms with van der Waals surface area (Å²) >= 11 is 0. The van der Waals surface area contributed by atoms with Crippen LogP contribution in [-0.2, 0) is 6.42 Å². The molecule has 3 nitrogen and oxygen atoms in total. The molecule has 0 saturated carbocycles. The lowest BCUT2D eigenvalue weighted by Crippen LogP contribution is -2.10. The normalized spacial score (nSPS) is 12.4. The zero-order valence-corrected chi connectivity index (χ0v) is 18.6. The van der Waals surface area contributed by atoms with Gasteiger partial charge in [-0.05, 0) is 66.5 Å². The van der Waals surface area contributed by atoms with Crippen LogP contribution in [0, 0.1) is 19.3 Å². The fourth-order valence-electron chi connectivity index (χ4n) is 3.94. The fourth-order valence-corrected chi connectivity index (χ4v) is 3.94. The minimum atomic E-state index is 0.223. The van der Waals surface area contributed by atoms with Crippen LogP contribution in [0.3, 0.4) is 0 Å². The van der Waals surface area contributed by atoms with Gasteiger partial charge in [0.1, 0.15) is 5.58 Å². The van der Waals surface area contributed by atoms with Crippen LogP contribution < -0.4 is 0 Å². The highest BCUT2D eigenvalue weighted by Gasteiger charge is 2.19. The van der Waals surface area contributed by atoms with E-state index in [9.17, 15) is 0 Å². The van der Waals surface area contributed by atoms with Gasteiger partial charge in [0.25, 0.3) is 0 Å². The number of furan rings is 1. The molecule has 0 radical (unpaired) electrons. The van der Waals surface area contributed by atoms with Crippen molar-refractivity contribution in [1.82, 2.24) is 9.97 Å². The second kappa shape index (κ2) is 6.98. The second-order valence-corrected chi connectivity index (χ2v) is 9.71. The summed E-state index contributed by atoms with van der Waals surface area (Å²) < 4.78 is 6.33. The van der Waals surface area contributed by atoms with Crippen LogP contribution in [0.5, 0.6) is 0 Å². The highest BCUT2D eigenvalue weighted by molar-refractivity contribution is 6.09. The molecule has 0 unspecified atom stereocenters. The van der Waals surface area contributed by atoms with Gasteiger partial charge >= 0.3 is 0 Å². The molecular weight excluding hydrogens is 356 g/mol. The average Bonchev–Trinajstić information content (AvgIpc) is 3.00. The molecule has 3 heteroatoms. The summed E-state index contributed by atoms with van der Waals surface area (Å²) in [5, 5.41) is 2.16. The molecule has 0 fully saturated rings. The lowest BCUT2D eigenvalue weighted by molar-refractivity contribution is 0.410. The molecule has 3 aromatic heterocycles. The van der Waals surface area contributed by atoms with E-state index < -0.39 is 0 Å². The predicted octanol–water partition coefficient (Wildman–Crippen LogP) is 7.37. The Hall–Kier alpha value is -2.68. The quantitative estimate of drug-likeness (QED) is 0.369. The van der Waals surface area contributed by atoms with Crippen LogP contribution >= 0.6 is 0 Å². The molecule has 0 aliphatic carbocycles. The Labute approximate surface area is 173 Å². The molecule has 3 heterocycles. The van der Waals surface area contributed by atoms with Crippen molar-refractivity contribution in [2.24, 2.45) is 5.41 Å². The summed E-state index contributed by atoms with van der Waals surface area (Å²) in [6, 6.07) is 10.8. The van der Waals surface area contributed by atoms with Crippen molar-refractivity contribution in [3.63, 3.8) is 0 Å². The first-order valence-corrected chi connectivity index (χ1v) is 10.4. The zero-order chi connectivity index (χ0) is 20.9. The number of aromatic nitrogens is 2. The molecule has 0 atom stereocenters. The van der Waals surface area contributed by atoms with E-state index in [4.69, 9.17) is 14.4 Å². The topological polar surface area (TPSA) is 38.9 Å². The maximum Gasteiger partial charge on any atom is 0.227 e. The maximum absolute atomic E-state index is 6.33. The smallest absolute Gasteiger partial charge is 0.227 e. The van der Waals surface area contributed by atoms with E-state index in [1.807, 2.05) is 6.20 Å². The second-order valence-electron chi connectivity index (χ2n) is 9.71. The Morgan fingerprint density at radius 2 is 1.69 bits per heavy atom. The van der Waals surface area contributed by atoms with Gasteiger partial charge < -0.3 is 4.42 Å². The molecule has 0 amide bonds. The Bertz CT molecular complexity index is 1210. The number of nitrogens with zero attached hydrogens (tertiary/aromatic N) is 2. The SMILES string of the molecule is Cc1cnc(-c2c(C)ccc3c2oc2nc(C(C)C)ccc23)cc1CC(C)(C)C. The highest BCUT2D eigenvalue weighted by atomic mass is 16.3. The number of aryl methyl sites for hydroxylation is 2. The van der Waals surface area contributed by atoms with Crippen molar-refractivity contribution in [2.45, 2.75) is 60.8 Å². The average molecular weight is 387 g/mol. The maximum atomic E-state index is 6.33. The van der Waals surface area contributed by atoms with Gasteiger partial charge in [-0.1, -0.05) is 46.8 Å². The molecule has 0 aliphatic rings. The fraction of sp³-hybridized carbons (Fsp3) is 0.385. The Morgan fingerprint density at radius 1 is 0.966 bits per heavy atom. The van der Waals surface area contributed by atoms with Crippen molar-refractivity contribution < 1.29 is 4.42 Å². The number of fused-ring (bicyclic) bond motifs is 3. The molecule has 4 aromatic rings. The Balaban J connectivity index is 1.95. The molecule has 4 rings (SSSR count). The van der Waals surface area contributed by atoms with E-state index in [-0.39, 0.29) is 5.41 Å². The van der Waals surface area contributed by atoms with E-state index >= 15 is 0 Å². The van der Waals surface area contributed by atoms with Crippen molar-refractivity contribution >= 4 is 22.1 Å². The minimum Gasteiger partial charge on any atom is -0.437 e. The highest BCUT2D eigenvalue weighted by Crippen LogP contribution is 2.38. The van der Waals surface area contributed by atoms with E-state index in [0.717, 1.165) is 39.7 Å². The molecular formula is C26H30N2O. The largest absolute Gasteiger partial charge is 0.437 e. The minimum absolute atomic E-state index is 0.223. The number of benzene rings is 1. The summed E-state index contributed by atoms with van der Waals surface area (Å²) in [5.74, 6) is 0.368. The van der Waals surface area contributed by atoms with Crippen LogP contribution in [0.4, 0.5) is 0 Å². The Morgan fingerprint density at radius 3 is 2.38 bits per heavy atom. The third-order valence-electron chi connectivity index (χ3n) is 5.52. The van der Waals surface area contributed by atoms with Gasteiger partial charge in [-0.2, -0.15) is 0 Å². The van der Waals surface area contributed by atoms with Crippen LogP contribution in [0.15, 0.2) is 40.9 Å². The third-order valence-corrected chi connectivity index (χ3v) is 5.52. The monoisotopic (exact) mass is 386 g/mol. The summed E-state index contributed by atoms with van der Waals surface area (Å²) in [6.45, 7) is 15.4. The van der Waals surface area contributed by atoms with Gasteiger partial charge in [-0.25, -0.2) is 4.98 Å². The zero-order valence-electron chi connectivity index (χ0n) is 18.6. The standard InChI is InChI=1S/C26H30N2O/c1-15(2)21-11-10-20-19-9-8-16(3)23(24(19)29-25(20)28-21)22-12-18(13-26(5,6)7)17(4)14-27-22/h8-12,14-15H,13H2,1-7H3. The number of hydrogen-bond acceptors (Lipinski definition) is 3. The first-order chi connectivity index (χ1) is 13.6. The van der Waals surface area contributed by atoms with Crippen LogP contribution in [0.2, 0.25) is 0 Å². The number of pyridine rings is 2. The number of rotatable bonds is 3. The molecule has 0 N–H and O–H groups in total. The lowest BCUT2D eigenvalue weighted by atomic mass is 9.86. The summed E-state index contributed by atoms with van der Waals surface area (Å²) in [4.78, 5) is 9.56. The Kier molecular flexibility index (Phi) is 4.72. The molecule has 0 spiro atoms. The molecule has 0 bridgehead atoms. The summed E-state index contributed by atoms with van der Waals surface area (Å²) in [5.41, 5.74) is 8.65. The van der Waals surface area contributed by atoms with Gasteiger partial charge in [0.05, 0.1) is 5.69 Å². The van der Waals surface area contributed by atoms with Gasteiger partial charge in [0.15, 0.2) is 0 Å². The molecule has 29 heavy (non-hydrogen) atoms. The lowest BCUT2D eigenvalue weighted by Gasteiger charge is -2.20. The van der Waals surface area contributed by atoms with Gasteiger partial charge in [-0.15, -0.1) is 0 Å². The van der Waals surface area contributed by atoms with E-state index in [1.54, 1.807) is 0 Å². The first kappa shape index (κ1) is 19.6. The van der Waals surface area contributed by atoms with E-state index in [1.165, 1.54) is 16.7 Å². The molecule has 0 aliphatic heterocycles. The van der Waals surface area contributed by atoms with Gasteiger partial charge in [0, 0.05) is 28.2 Å². The summed E-state index contributed by atoms with van der Waals surface area (Å²) in [7, 11) is 0. The summed E-state index contributed by atoms with van der Waals surface area (Å²) in [6.07, 6.45) is 3.01. The van der Waals surface area contributed by atoms with Crippen LogP contribution in [-0.4, -0.2) is 9.97 Å². The van der Waals surface area contributed by atoms with Crippen molar-refractivity contribution in [2.75, 3.05) is 0 Å². The van der Waals surface area contributed by atoms with E-state index in [2.05, 4.69) is 78.8 Å². The van der Waals surface area contributed by atoms with Gasteiger partial charge in [-0.3, -0.25) is 4.98 Å². The number of hydrogen-bond donors (Lipinski definition) is 0. The van der Waals surface area contributed by atoms with E-state index in [0.29, 0.717) is 11.6 Å².